The van der Waals surface area contributed by atoms with E-state index < -0.39 is 0 Å². The molecule has 0 bridgehead atoms. The molecule has 0 atom stereocenters. The molecule has 1 aliphatic carbocycles. The second-order valence-corrected chi connectivity index (χ2v) is 6.12. The number of benzene rings is 1. The fourth-order valence-corrected chi connectivity index (χ4v) is 2.58. The van der Waals surface area contributed by atoms with Gasteiger partial charge in [0.25, 0.3) is 5.91 Å². The molecule has 0 radical (unpaired) electrons. The number of rotatable bonds is 4. The minimum absolute atomic E-state index is 0.111. The highest BCUT2D eigenvalue weighted by molar-refractivity contribution is 5.95. The van der Waals surface area contributed by atoms with Crippen LogP contribution in [-0.2, 0) is 0 Å². The summed E-state index contributed by atoms with van der Waals surface area (Å²) in [5.41, 5.74) is 10.3. The lowest BCUT2D eigenvalue weighted by Crippen LogP contribution is -2.36. The van der Waals surface area contributed by atoms with Crippen molar-refractivity contribution >= 4 is 5.91 Å². The van der Waals surface area contributed by atoms with E-state index in [1.807, 2.05) is 31.9 Å². The van der Waals surface area contributed by atoms with Gasteiger partial charge in [-0.1, -0.05) is 6.07 Å². The first-order valence-corrected chi connectivity index (χ1v) is 6.92. The molecule has 1 aromatic carbocycles. The van der Waals surface area contributed by atoms with Crippen molar-refractivity contribution in [1.29, 1.82) is 0 Å². The third-order valence-electron chi connectivity index (χ3n) is 4.38. The molecule has 0 spiro atoms. The predicted octanol–water partition coefficient (Wildman–Crippen LogP) is 2.42. The summed E-state index contributed by atoms with van der Waals surface area (Å²) < 4.78 is 0. The minimum Gasteiger partial charge on any atom is -0.341 e. The topological polar surface area (TPSA) is 46.3 Å². The number of carbonyl (C=O) groups is 1. The van der Waals surface area contributed by atoms with Crippen LogP contribution in [0.5, 0.6) is 0 Å². The third-order valence-corrected chi connectivity index (χ3v) is 4.38. The monoisotopic (exact) mass is 260 g/mol. The molecule has 2 N–H and O–H groups in total. The summed E-state index contributed by atoms with van der Waals surface area (Å²) in [6, 6.07) is 4.09. The standard InChI is InChI=1S/C16H24N2O/c1-11-7-13(3)14(8-12(11)2)15(19)18(4)10-16(9-17)5-6-16/h7-8H,5-6,9-10,17H2,1-4H3. The van der Waals surface area contributed by atoms with Crippen molar-refractivity contribution in [1.82, 2.24) is 4.90 Å². The van der Waals surface area contributed by atoms with Crippen molar-refractivity contribution in [2.45, 2.75) is 33.6 Å². The second-order valence-electron chi connectivity index (χ2n) is 6.12. The van der Waals surface area contributed by atoms with Crippen LogP contribution in [0.3, 0.4) is 0 Å². The first-order valence-electron chi connectivity index (χ1n) is 6.92. The lowest BCUT2D eigenvalue weighted by atomic mass is 9.99. The van der Waals surface area contributed by atoms with Crippen LogP contribution in [0.4, 0.5) is 0 Å². The Morgan fingerprint density at radius 2 is 1.79 bits per heavy atom. The van der Waals surface area contributed by atoms with E-state index in [2.05, 4.69) is 13.0 Å². The van der Waals surface area contributed by atoms with E-state index in [1.165, 1.54) is 11.1 Å². The van der Waals surface area contributed by atoms with Gasteiger partial charge >= 0.3 is 0 Å². The Kier molecular flexibility index (Phi) is 3.68. The van der Waals surface area contributed by atoms with E-state index in [9.17, 15) is 4.79 Å². The van der Waals surface area contributed by atoms with Crippen molar-refractivity contribution in [2.75, 3.05) is 20.1 Å². The van der Waals surface area contributed by atoms with Crippen LogP contribution in [0.1, 0.15) is 39.9 Å². The summed E-state index contributed by atoms with van der Waals surface area (Å²) in [6.45, 7) is 7.58. The second kappa shape index (κ2) is 4.97. The van der Waals surface area contributed by atoms with Gasteiger partial charge in [-0.2, -0.15) is 0 Å². The van der Waals surface area contributed by atoms with Crippen LogP contribution in [0.25, 0.3) is 0 Å². The zero-order valence-corrected chi connectivity index (χ0v) is 12.4. The summed E-state index contributed by atoms with van der Waals surface area (Å²) in [5, 5.41) is 0. The minimum atomic E-state index is 0.111. The molecule has 0 saturated heterocycles. The van der Waals surface area contributed by atoms with Gasteiger partial charge in [-0.15, -0.1) is 0 Å². The van der Waals surface area contributed by atoms with Gasteiger partial charge in [0, 0.05) is 24.6 Å². The van der Waals surface area contributed by atoms with Crippen molar-refractivity contribution in [3.05, 3.63) is 34.4 Å². The smallest absolute Gasteiger partial charge is 0.253 e. The zero-order valence-electron chi connectivity index (χ0n) is 12.4. The number of hydrogen-bond donors (Lipinski definition) is 1. The summed E-state index contributed by atoms with van der Waals surface area (Å²) >= 11 is 0. The van der Waals surface area contributed by atoms with E-state index in [4.69, 9.17) is 5.73 Å². The maximum Gasteiger partial charge on any atom is 0.253 e. The molecule has 0 aliphatic heterocycles. The largest absolute Gasteiger partial charge is 0.341 e. The van der Waals surface area contributed by atoms with E-state index in [-0.39, 0.29) is 11.3 Å². The zero-order chi connectivity index (χ0) is 14.2. The molecule has 1 fully saturated rings. The Balaban J connectivity index is 2.17. The van der Waals surface area contributed by atoms with Crippen LogP contribution in [0.2, 0.25) is 0 Å². The first-order chi connectivity index (χ1) is 8.88. The number of nitrogens with zero attached hydrogens (tertiary/aromatic N) is 1. The number of aryl methyl sites for hydroxylation is 3. The Bertz CT molecular complexity index is 504. The molecule has 3 nitrogen and oxygen atoms in total. The highest BCUT2D eigenvalue weighted by atomic mass is 16.2. The van der Waals surface area contributed by atoms with Crippen molar-refractivity contribution in [3.8, 4) is 0 Å². The van der Waals surface area contributed by atoms with Crippen molar-refractivity contribution < 1.29 is 4.79 Å². The van der Waals surface area contributed by atoms with E-state index in [0.717, 1.165) is 30.5 Å². The van der Waals surface area contributed by atoms with Crippen LogP contribution < -0.4 is 5.73 Å². The molecule has 1 aromatic rings. The summed E-state index contributed by atoms with van der Waals surface area (Å²) in [4.78, 5) is 14.4. The lowest BCUT2D eigenvalue weighted by molar-refractivity contribution is 0.0765. The Labute approximate surface area is 115 Å². The molecule has 3 heteroatoms. The molecular formula is C16H24N2O. The average Bonchev–Trinajstić information content (AvgIpc) is 3.13. The molecule has 0 unspecified atom stereocenters. The highest BCUT2D eigenvalue weighted by Gasteiger charge is 2.42. The van der Waals surface area contributed by atoms with Crippen LogP contribution in [0.15, 0.2) is 12.1 Å². The molecule has 1 saturated carbocycles. The molecule has 0 aromatic heterocycles. The summed E-state index contributed by atoms with van der Waals surface area (Å²) in [6.07, 6.45) is 2.29. The van der Waals surface area contributed by atoms with Crippen molar-refractivity contribution in [2.24, 2.45) is 11.1 Å². The van der Waals surface area contributed by atoms with Crippen LogP contribution >= 0.6 is 0 Å². The van der Waals surface area contributed by atoms with Gasteiger partial charge < -0.3 is 10.6 Å². The number of nitrogens with two attached hydrogens (primary N) is 1. The molecule has 1 aliphatic rings. The number of hydrogen-bond acceptors (Lipinski definition) is 2. The average molecular weight is 260 g/mol. The van der Waals surface area contributed by atoms with Crippen LogP contribution in [0, 0.1) is 26.2 Å². The maximum absolute atomic E-state index is 12.5. The van der Waals surface area contributed by atoms with Gasteiger partial charge in [-0.25, -0.2) is 0 Å². The van der Waals surface area contributed by atoms with Gasteiger partial charge in [-0.05, 0) is 62.9 Å². The first kappa shape index (κ1) is 14.1. The van der Waals surface area contributed by atoms with Crippen LogP contribution in [-0.4, -0.2) is 30.9 Å². The van der Waals surface area contributed by atoms with E-state index in [1.54, 1.807) is 0 Å². The molecule has 19 heavy (non-hydrogen) atoms. The van der Waals surface area contributed by atoms with Gasteiger partial charge in [0.2, 0.25) is 0 Å². The fraction of sp³-hybridized carbons (Fsp3) is 0.562. The van der Waals surface area contributed by atoms with Crippen molar-refractivity contribution in [3.63, 3.8) is 0 Å². The van der Waals surface area contributed by atoms with Gasteiger partial charge in [0.05, 0.1) is 0 Å². The Hall–Kier alpha value is -1.35. The quantitative estimate of drug-likeness (QED) is 0.903. The molecule has 1 amide bonds. The third kappa shape index (κ3) is 2.81. The Morgan fingerprint density at radius 3 is 2.32 bits per heavy atom. The summed E-state index contributed by atoms with van der Waals surface area (Å²) in [5.74, 6) is 0.111. The molecule has 2 rings (SSSR count). The normalized spacial score (nSPS) is 16.3. The Morgan fingerprint density at radius 1 is 1.21 bits per heavy atom. The van der Waals surface area contributed by atoms with E-state index in [0.29, 0.717) is 6.54 Å². The highest BCUT2D eigenvalue weighted by Crippen LogP contribution is 2.45. The number of amides is 1. The molecular weight excluding hydrogens is 236 g/mol. The number of carbonyl (C=O) groups excluding carboxylic acids is 1. The van der Waals surface area contributed by atoms with E-state index >= 15 is 0 Å². The SMILES string of the molecule is Cc1cc(C)c(C(=O)N(C)CC2(CN)CC2)cc1C. The summed E-state index contributed by atoms with van der Waals surface area (Å²) in [7, 11) is 1.88. The lowest BCUT2D eigenvalue weighted by Gasteiger charge is -2.24. The maximum atomic E-state index is 12.5. The van der Waals surface area contributed by atoms with Gasteiger partial charge in [0.15, 0.2) is 0 Å². The molecule has 0 heterocycles. The fourth-order valence-electron chi connectivity index (χ4n) is 2.58. The van der Waals surface area contributed by atoms with Gasteiger partial charge in [-0.3, -0.25) is 4.79 Å². The van der Waals surface area contributed by atoms with Gasteiger partial charge in [0.1, 0.15) is 0 Å². The predicted molar refractivity (Wildman–Crippen MR) is 78.3 cm³/mol. The molecule has 104 valence electrons.